The van der Waals surface area contributed by atoms with Crippen molar-refractivity contribution in [3.05, 3.63) is 219 Å². The fourth-order valence-electron chi connectivity index (χ4n) is 14.7. The van der Waals surface area contributed by atoms with Crippen molar-refractivity contribution in [3.63, 3.8) is 0 Å². The minimum atomic E-state index is -0.0851. The number of ether oxygens (including phenoxy) is 1. The maximum absolute atomic E-state index is 7.67. The summed E-state index contributed by atoms with van der Waals surface area (Å²) in [6, 6.07) is 61.3. The summed E-state index contributed by atoms with van der Waals surface area (Å²) in [6.45, 7) is 24.5. The highest BCUT2D eigenvalue weighted by Crippen LogP contribution is 2.49. The third kappa shape index (κ3) is 6.54. The van der Waals surface area contributed by atoms with Gasteiger partial charge in [-0.2, -0.15) is 0 Å². The van der Waals surface area contributed by atoms with E-state index in [4.69, 9.17) is 4.74 Å². The molecule has 15 rings (SSSR count). The lowest BCUT2D eigenvalue weighted by molar-refractivity contribution is 0.487. The predicted molar refractivity (Wildman–Crippen MR) is 329 cm³/mol. The lowest BCUT2D eigenvalue weighted by Gasteiger charge is -2.45. The molecular weight excluding hydrogens is 932 g/mol. The molecule has 0 atom stereocenters. The molecule has 0 N–H and O–H groups in total. The van der Waals surface area contributed by atoms with E-state index in [2.05, 4.69) is 248 Å². The molecule has 4 aliphatic heterocycles. The highest BCUT2D eigenvalue weighted by atomic mass is 16.5. The van der Waals surface area contributed by atoms with E-state index in [9.17, 15) is 0 Å². The fourth-order valence-corrected chi connectivity index (χ4v) is 14.7. The van der Waals surface area contributed by atoms with Crippen molar-refractivity contribution in [3.8, 4) is 39.4 Å². The maximum Gasteiger partial charge on any atom is 0.256 e. The fraction of sp³-hybridized carbons (Fsp3) is 0.155. The Hall–Kier alpha value is -8.47. The summed E-state index contributed by atoms with van der Waals surface area (Å²) >= 11 is 0. The van der Waals surface area contributed by atoms with Gasteiger partial charge < -0.3 is 19.1 Å². The van der Waals surface area contributed by atoms with E-state index in [0.717, 1.165) is 28.6 Å². The molecule has 0 saturated heterocycles. The highest BCUT2D eigenvalue weighted by Gasteiger charge is 2.48. The van der Waals surface area contributed by atoms with Gasteiger partial charge >= 0.3 is 0 Å². The number of nitrogens with zero attached hydrogens (tertiary/aromatic N) is 3. The Morgan fingerprint density at radius 1 is 0.325 bits per heavy atom. The van der Waals surface area contributed by atoms with Crippen LogP contribution >= 0.6 is 0 Å². The van der Waals surface area contributed by atoms with Crippen LogP contribution in [0.2, 0.25) is 0 Å². The Kier molecular flexibility index (Phi) is 9.70. The molecule has 370 valence electrons. The second-order valence-corrected chi connectivity index (χ2v) is 23.3. The van der Waals surface area contributed by atoms with E-state index in [1.54, 1.807) is 0 Å². The number of aromatic nitrogens is 1. The molecule has 0 unspecified atom stereocenters. The van der Waals surface area contributed by atoms with Crippen molar-refractivity contribution in [2.24, 2.45) is 0 Å². The van der Waals surface area contributed by atoms with Gasteiger partial charge in [0.2, 0.25) is 0 Å². The van der Waals surface area contributed by atoms with Crippen LogP contribution in [0, 0.1) is 76.2 Å². The van der Waals surface area contributed by atoms with Crippen LogP contribution in [0.15, 0.2) is 158 Å². The first-order valence-corrected chi connectivity index (χ1v) is 27.5. The molecule has 0 amide bonds. The number of benzene rings is 10. The molecule has 5 heterocycles. The molecule has 4 aliphatic rings. The minimum Gasteiger partial charge on any atom is -0.458 e. The first kappa shape index (κ1) is 45.9. The summed E-state index contributed by atoms with van der Waals surface area (Å²) in [5.41, 5.74) is 37.3. The standard InChI is InChI=1S/C71H59B2N3O/c1-38-12-19-51(20-13-38)74-59-25-17-41(4)31-55(59)72-56-36-57-64(37-60(56)75(52-21-14-39(2)15-22-52)62-33-49(32-61(74)69(62)72)66-45(8)26-42(5)27-46(66)9)77-65-35-50(67-47(10)28-43(6)29-48(67)11)34-63-70(65)73(57)68-44(7)18-23-53-54-30-40(3)16-24-58(54)76(63)71(53)68/h12-37H,1-11H3. The molecule has 0 saturated carbocycles. The lowest BCUT2D eigenvalue weighted by atomic mass is 9.30. The first-order chi connectivity index (χ1) is 37.2. The first-order valence-electron chi connectivity index (χ1n) is 27.5. The van der Waals surface area contributed by atoms with Crippen LogP contribution in [0.4, 0.5) is 34.1 Å². The number of anilines is 6. The van der Waals surface area contributed by atoms with Crippen molar-refractivity contribution >= 4 is 102 Å². The topological polar surface area (TPSA) is 20.6 Å². The predicted octanol–water partition coefficient (Wildman–Crippen LogP) is 14.5. The molecular formula is C71H59B2N3O. The molecule has 1 aromatic heterocycles. The van der Waals surface area contributed by atoms with Crippen molar-refractivity contribution in [2.45, 2.75) is 76.2 Å². The van der Waals surface area contributed by atoms with Crippen LogP contribution in [0.5, 0.6) is 11.5 Å². The summed E-state index contributed by atoms with van der Waals surface area (Å²) in [4.78, 5) is 5.11. The van der Waals surface area contributed by atoms with Gasteiger partial charge in [0.05, 0.1) is 5.52 Å². The number of hydrogen-bond donors (Lipinski definition) is 0. The van der Waals surface area contributed by atoms with Crippen LogP contribution in [0.1, 0.15) is 61.2 Å². The van der Waals surface area contributed by atoms with Gasteiger partial charge in [-0.1, -0.05) is 124 Å². The summed E-state index contributed by atoms with van der Waals surface area (Å²) in [5, 5.41) is 2.58. The molecule has 10 aromatic carbocycles. The zero-order valence-electron chi connectivity index (χ0n) is 45.9. The second-order valence-electron chi connectivity index (χ2n) is 23.3. The molecule has 11 aromatic rings. The molecule has 6 heteroatoms. The van der Waals surface area contributed by atoms with Gasteiger partial charge in [-0.25, -0.2) is 0 Å². The second kappa shape index (κ2) is 16.3. The number of rotatable bonds is 4. The molecule has 0 bridgehead atoms. The maximum atomic E-state index is 7.67. The normalized spacial score (nSPS) is 13.4. The summed E-state index contributed by atoms with van der Waals surface area (Å²) in [5.74, 6) is 1.83. The number of hydrogen-bond acceptors (Lipinski definition) is 3. The largest absolute Gasteiger partial charge is 0.458 e. The molecule has 0 aliphatic carbocycles. The smallest absolute Gasteiger partial charge is 0.256 e. The van der Waals surface area contributed by atoms with E-state index in [1.807, 2.05) is 0 Å². The van der Waals surface area contributed by atoms with Gasteiger partial charge in [-0.15, -0.1) is 0 Å². The van der Waals surface area contributed by atoms with Gasteiger partial charge in [0, 0.05) is 62.2 Å². The highest BCUT2D eigenvalue weighted by molar-refractivity contribution is 7.02. The van der Waals surface area contributed by atoms with Crippen LogP contribution in [0.25, 0.3) is 49.7 Å². The average Bonchev–Trinajstić information content (AvgIpc) is 3.98. The Labute approximate surface area is 453 Å². The van der Waals surface area contributed by atoms with E-state index < -0.39 is 0 Å². The zero-order chi connectivity index (χ0) is 52.6. The summed E-state index contributed by atoms with van der Waals surface area (Å²) in [6.07, 6.45) is 0. The van der Waals surface area contributed by atoms with Gasteiger partial charge in [0.25, 0.3) is 13.4 Å². The van der Waals surface area contributed by atoms with Gasteiger partial charge in [-0.3, -0.25) is 0 Å². The number of fused-ring (bicyclic) bond motifs is 11. The quantitative estimate of drug-likeness (QED) is 0.164. The zero-order valence-corrected chi connectivity index (χ0v) is 45.9. The van der Waals surface area contributed by atoms with Crippen LogP contribution in [-0.4, -0.2) is 18.0 Å². The molecule has 77 heavy (non-hydrogen) atoms. The van der Waals surface area contributed by atoms with Crippen molar-refractivity contribution < 1.29 is 4.74 Å². The third-order valence-electron chi connectivity index (χ3n) is 17.7. The molecule has 4 nitrogen and oxygen atoms in total. The Bertz CT molecular complexity index is 4400. The van der Waals surface area contributed by atoms with E-state index in [0.29, 0.717) is 0 Å². The molecule has 0 fully saturated rings. The van der Waals surface area contributed by atoms with Gasteiger partial charge in [0.15, 0.2) is 0 Å². The Morgan fingerprint density at radius 3 is 1.48 bits per heavy atom. The van der Waals surface area contributed by atoms with E-state index in [-0.39, 0.29) is 13.4 Å². The van der Waals surface area contributed by atoms with Crippen molar-refractivity contribution in [1.29, 1.82) is 0 Å². The number of aryl methyl sites for hydroxylation is 11. The van der Waals surface area contributed by atoms with Gasteiger partial charge in [0.1, 0.15) is 11.5 Å². The monoisotopic (exact) mass is 991 g/mol. The average molecular weight is 992 g/mol. The SMILES string of the molecule is Cc1ccc(N2c3ccc(C)cc3B3c4cc5c(cc4N(c4ccc(C)cc4)c4cc(-c6c(C)cc(C)cc6C)cc2c43)Oc2cc(-c3c(C)cc(C)cc3C)cc3c2B5c2c(C)ccc4c5cc(C)ccc5n-3c24)cc1. The minimum absolute atomic E-state index is 0.0847. The summed E-state index contributed by atoms with van der Waals surface area (Å²) < 4.78 is 10.2. The Morgan fingerprint density at radius 2 is 0.857 bits per heavy atom. The summed E-state index contributed by atoms with van der Waals surface area (Å²) in [7, 11) is 0. The van der Waals surface area contributed by atoms with E-state index >= 15 is 0 Å². The van der Waals surface area contributed by atoms with Crippen molar-refractivity contribution in [2.75, 3.05) is 9.80 Å². The third-order valence-corrected chi connectivity index (χ3v) is 17.7. The van der Waals surface area contributed by atoms with E-state index in [1.165, 1.54) is 161 Å². The van der Waals surface area contributed by atoms with Crippen LogP contribution < -0.4 is 47.3 Å². The van der Waals surface area contributed by atoms with Gasteiger partial charge in [-0.05, 0) is 220 Å². The van der Waals surface area contributed by atoms with Crippen molar-refractivity contribution in [1.82, 2.24) is 4.57 Å². The van der Waals surface area contributed by atoms with Crippen LogP contribution in [-0.2, 0) is 0 Å². The lowest BCUT2D eigenvalue weighted by Crippen LogP contribution is -2.64. The Balaban J connectivity index is 1.07. The molecule has 0 spiro atoms. The molecule has 0 radical (unpaired) electrons. The van der Waals surface area contributed by atoms with Crippen LogP contribution in [0.3, 0.4) is 0 Å².